The Hall–Kier alpha value is -6.81. The van der Waals surface area contributed by atoms with Gasteiger partial charge in [0.15, 0.2) is 0 Å². The van der Waals surface area contributed by atoms with Crippen molar-refractivity contribution in [1.82, 2.24) is 9.55 Å². The fourth-order valence-corrected chi connectivity index (χ4v) is 9.37. The first-order valence-corrected chi connectivity index (χ1v) is 19.2. The van der Waals surface area contributed by atoms with Crippen LogP contribution in [0.2, 0.25) is 0 Å². The van der Waals surface area contributed by atoms with Crippen LogP contribution in [0.15, 0.2) is 194 Å². The number of aromatic nitrogens is 2. The second-order valence-electron chi connectivity index (χ2n) is 13.9. The number of hydrogen-bond donors (Lipinski definition) is 0. The lowest BCUT2D eigenvalue weighted by molar-refractivity contribution is 1.18. The second-order valence-corrected chi connectivity index (χ2v) is 15.0. The van der Waals surface area contributed by atoms with E-state index in [-0.39, 0.29) is 0 Å². The third-order valence-electron chi connectivity index (χ3n) is 10.8. The Bertz CT molecular complexity index is 3110. The molecule has 0 N–H and O–H groups in total. The van der Waals surface area contributed by atoms with Crippen molar-refractivity contribution in [3.63, 3.8) is 0 Å². The Morgan fingerprint density at radius 1 is 0.370 bits per heavy atom. The fraction of sp³-hybridized carbons (Fsp3) is 0. The monoisotopic (exact) mass is 704 g/mol. The predicted molar refractivity (Wildman–Crippen MR) is 231 cm³/mol. The van der Waals surface area contributed by atoms with E-state index >= 15 is 0 Å². The molecule has 0 aliphatic heterocycles. The van der Waals surface area contributed by atoms with E-state index in [0.717, 1.165) is 16.0 Å². The highest BCUT2D eigenvalue weighted by Crippen LogP contribution is 2.44. The molecule has 8 aromatic carbocycles. The molecule has 0 saturated carbocycles. The molecule has 0 bridgehead atoms. The number of para-hydroxylation sites is 1. The number of hydrogen-bond acceptors (Lipinski definition) is 2. The van der Waals surface area contributed by atoms with Crippen LogP contribution >= 0.6 is 11.3 Å². The Morgan fingerprint density at radius 2 is 0.907 bits per heavy atom. The standard InChI is InChI=1S/C51H32N2S/c1-3-13-33(14-4-1)37-25-27-46-43(31-37)44-32-38(34-15-5-2-6-16-34)26-28-47(44)53(46)40-20-12-18-36(30-40)35-17-11-19-39(29-35)49-41-21-7-9-23-45(41)52-51-50(49)42-22-8-10-24-48(42)54-51/h1-32H. The van der Waals surface area contributed by atoms with Gasteiger partial charge < -0.3 is 4.57 Å². The van der Waals surface area contributed by atoms with Gasteiger partial charge in [-0.2, -0.15) is 0 Å². The first-order chi connectivity index (χ1) is 26.8. The van der Waals surface area contributed by atoms with Crippen LogP contribution in [0.4, 0.5) is 0 Å². The highest BCUT2D eigenvalue weighted by molar-refractivity contribution is 7.25. The van der Waals surface area contributed by atoms with Crippen molar-refractivity contribution in [2.45, 2.75) is 0 Å². The molecule has 0 saturated heterocycles. The Balaban J connectivity index is 1.09. The van der Waals surface area contributed by atoms with Gasteiger partial charge in [0.05, 0.1) is 16.6 Å². The van der Waals surface area contributed by atoms with Gasteiger partial charge in [-0.15, -0.1) is 11.3 Å². The molecule has 0 aliphatic carbocycles. The normalized spacial score (nSPS) is 11.7. The predicted octanol–water partition coefficient (Wildman–Crippen LogP) is 14.4. The summed E-state index contributed by atoms with van der Waals surface area (Å²) in [6.45, 7) is 0. The van der Waals surface area contributed by atoms with E-state index in [1.807, 2.05) is 0 Å². The molecule has 0 spiro atoms. The van der Waals surface area contributed by atoms with Crippen molar-refractivity contribution in [1.29, 1.82) is 0 Å². The topological polar surface area (TPSA) is 17.8 Å². The number of pyridine rings is 1. The molecule has 2 nitrogen and oxygen atoms in total. The zero-order valence-electron chi connectivity index (χ0n) is 29.3. The Morgan fingerprint density at radius 3 is 1.61 bits per heavy atom. The third-order valence-corrected chi connectivity index (χ3v) is 11.9. The average molecular weight is 705 g/mol. The zero-order valence-corrected chi connectivity index (χ0v) is 30.1. The van der Waals surface area contributed by atoms with E-state index in [1.165, 1.54) is 87.2 Å². The molecule has 0 radical (unpaired) electrons. The molecule has 0 atom stereocenters. The summed E-state index contributed by atoms with van der Waals surface area (Å²) in [7, 11) is 0. The second kappa shape index (κ2) is 12.4. The van der Waals surface area contributed by atoms with Crippen LogP contribution in [-0.2, 0) is 0 Å². The van der Waals surface area contributed by atoms with Crippen molar-refractivity contribution in [3.05, 3.63) is 194 Å². The van der Waals surface area contributed by atoms with Gasteiger partial charge in [0.1, 0.15) is 4.83 Å². The SMILES string of the molecule is c1ccc(-c2ccc3c(c2)c2cc(-c4ccccc4)ccc2n3-c2cccc(-c3cccc(-c4c5ccccc5nc5sc6ccccc6c45)c3)c2)cc1. The van der Waals surface area contributed by atoms with Crippen LogP contribution in [0, 0.1) is 0 Å². The van der Waals surface area contributed by atoms with Crippen LogP contribution < -0.4 is 0 Å². The number of fused-ring (bicyclic) bond motifs is 7. The van der Waals surface area contributed by atoms with Gasteiger partial charge in [-0.1, -0.05) is 140 Å². The number of benzene rings is 8. The molecule has 3 heterocycles. The molecule has 11 aromatic rings. The van der Waals surface area contributed by atoms with Gasteiger partial charge in [-0.25, -0.2) is 4.98 Å². The fourth-order valence-electron chi connectivity index (χ4n) is 8.28. The van der Waals surface area contributed by atoms with E-state index in [1.54, 1.807) is 11.3 Å². The zero-order chi connectivity index (χ0) is 35.6. The van der Waals surface area contributed by atoms with Crippen molar-refractivity contribution in [2.75, 3.05) is 0 Å². The summed E-state index contributed by atoms with van der Waals surface area (Å²) in [6.07, 6.45) is 0. The largest absolute Gasteiger partial charge is 0.309 e. The third kappa shape index (κ3) is 4.97. The number of thiophene rings is 1. The van der Waals surface area contributed by atoms with Crippen LogP contribution in [0.5, 0.6) is 0 Å². The molecule has 3 aromatic heterocycles. The number of nitrogens with zero attached hydrogens (tertiary/aromatic N) is 2. The molecule has 3 heteroatoms. The quantitative estimate of drug-likeness (QED) is 0.174. The number of rotatable bonds is 5. The van der Waals surface area contributed by atoms with Crippen LogP contribution in [0.3, 0.4) is 0 Å². The Kier molecular flexibility index (Phi) is 7.07. The molecular formula is C51H32N2S. The van der Waals surface area contributed by atoms with Crippen molar-refractivity contribution >= 4 is 64.3 Å². The van der Waals surface area contributed by atoms with Gasteiger partial charge in [0, 0.05) is 42.9 Å². The highest BCUT2D eigenvalue weighted by Gasteiger charge is 2.18. The summed E-state index contributed by atoms with van der Waals surface area (Å²) in [6, 6.07) is 70.5. The van der Waals surface area contributed by atoms with Gasteiger partial charge in [-0.3, -0.25) is 0 Å². The summed E-state index contributed by atoms with van der Waals surface area (Å²) in [5, 5.41) is 6.15. The van der Waals surface area contributed by atoms with Crippen LogP contribution in [0.25, 0.3) is 103 Å². The molecule has 0 amide bonds. The molecule has 0 aliphatic rings. The Labute approximate surface area is 316 Å². The summed E-state index contributed by atoms with van der Waals surface area (Å²) in [4.78, 5) is 6.21. The van der Waals surface area contributed by atoms with Crippen molar-refractivity contribution in [3.8, 4) is 50.2 Å². The minimum atomic E-state index is 1.02. The molecule has 0 unspecified atom stereocenters. The van der Waals surface area contributed by atoms with E-state index in [0.29, 0.717) is 0 Å². The van der Waals surface area contributed by atoms with E-state index in [9.17, 15) is 0 Å². The molecule has 11 rings (SSSR count). The lowest BCUT2D eigenvalue weighted by Crippen LogP contribution is -1.94. The van der Waals surface area contributed by atoms with Gasteiger partial charge in [0.2, 0.25) is 0 Å². The van der Waals surface area contributed by atoms with Crippen LogP contribution in [-0.4, -0.2) is 9.55 Å². The minimum absolute atomic E-state index is 1.02. The van der Waals surface area contributed by atoms with Gasteiger partial charge >= 0.3 is 0 Å². The molecule has 252 valence electrons. The lowest BCUT2D eigenvalue weighted by Gasteiger charge is -2.13. The first-order valence-electron chi connectivity index (χ1n) is 18.4. The van der Waals surface area contributed by atoms with Crippen molar-refractivity contribution in [2.24, 2.45) is 0 Å². The smallest absolute Gasteiger partial charge is 0.125 e. The summed E-state index contributed by atoms with van der Waals surface area (Å²) < 4.78 is 3.69. The maximum Gasteiger partial charge on any atom is 0.125 e. The lowest BCUT2D eigenvalue weighted by atomic mass is 9.93. The van der Waals surface area contributed by atoms with E-state index in [2.05, 4.69) is 199 Å². The maximum absolute atomic E-state index is 5.13. The first kappa shape index (κ1) is 30.8. The molecule has 54 heavy (non-hydrogen) atoms. The van der Waals surface area contributed by atoms with Crippen LogP contribution in [0.1, 0.15) is 0 Å². The van der Waals surface area contributed by atoms with Gasteiger partial charge in [-0.05, 0) is 93.5 Å². The van der Waals surface area contributed by atoms with E-state index < -0.39 is 0 Å². The summed E-state index contributed by atoms with van der Waals surface area (Å²) in [5.74, 6) is 0. The summed E-state index contributed by atoms with van der Waals surface area (Å²) >= 11 is 1.77. The molecular weight excluding hydrogens is 673 g/mol. The highest BCUT2D eigenvalue weighted by atomic mass is 32.1. The van der Waals surface area contributed by atoms with E-state index in [4.69, 9.17) is 4.98 Å². The summed E-state index contributed by atoms with van der Waals surface area (Å²) in [5.41, 5.74) is 14.2. The minimum Gasteiger partial charge on any atom is -0.309 e. The van der Waals surface area contributed by atoms with Gasteiger partial charge in [0.25, 0.3) is 0 Å². The maximum atomic E-state index is 5.13. The average Bonchev–Trinajstić information content (AvgIpc) is 3.78. The van der Waals surface area contributed by atoms with Crippen molar-refractivity contribution < 1.29 is 0 Å². The molecule has 0 fully saturated rings.